The van der Waals surface area contributed by atoms with Crippen molar-refractivity contribution in [3.8, 4) is 0 Å². The maximum Gasteiger partial charge on any atom is 0.264 e. The fourth-order valence-electron chi connectivity index (χ4n) is 4.25. The van der Waals surface area contributed by atoms with Crippen molar-refractivity contribution in [2.24, 2.45) is 0 Å². The maximum absolute atomic E-state index is 13.1. The van der Waals surface area contributed by atoms with Gasteiger partial charge in [-0.2, -0.15) is 0 Å². The van der Waals surface area contributed by atoms with Crippen LogP contribution >= 0.6 is 0 Å². The van der Waals surface area contributed by atoms with Crippen LogP contribution in [0.3, 0.4) is 0 Å². The first-order valence-electron chi connectivity index (χ1n) is 10.4. The smallest absolute Gasteiger partial charge is 0.264 e. The summed E-state index contributed by atoms with van der Waals surface area (Å²) in [4.78, 5) is 0.183. The Labute approximate surface area is 188 Å². The number of fused-ring (bicyclic) bond motifs is 2. The van der Waals surface area contributed by atoms with E-state index in [1.54, 1.807) is 12.1 Å². The van der Waals surface area contributed by atoms with Gasteiger partial charge in [-0.25, -0.2) is 16.8 Å². The second-order valence-corrected chi connectivity index (χ2v) is 11.4. The third-order valence-electron chi connectivity index (χ3n) is 5.90. The van der Waals surface area contributed by atoms with Gasteiger partial charge in [0.05, 0.1) is 21.7 Å². The minimum Gasteiger partial charge on any atom is -0.266 e. The van der Waals surface area contributed by atoms with Gasteiger partial charge >= 0.3 is 0 Å². The zero-order valence-electron chi connectivity index (χ0n) is 17.3. The minimum atomic E-state index is -3.68. The first-order valence-corrected chi connectivity index (χ1v) is 13.3. The zero-order chi connectivity index (χ0) is 22.3. The number of hydrogen-bond acceptors (Lipinski definition) is 4. The Morgan fingerprint density at radius 3 is 1.81 bits per heavy atom. The Balaban J connectivity index is 1.36. The summed E-state index contributed by atoms with van der Waals surface area (Å²) in [7, 11) is -7.31. The maximum atomic E-state index is 13.1. The Morgan fingerprint density at radius 1 is 0.656 bits per heavy atom. The SMILES string of the molecule is O=S(=O)(C=Cc1ccc(S(=O)(=O)N2CCc3ccccc32)cc1)N1CCc2ccccc21. The van der Waals surface area contributed by atoms with E-state index in [9.17, 15) is 16.8 Å². The topological polar surface area (TPSA) is 74.8 Å². The highest BCUT2D eigenvalue weighted by Crippen LogP contribution is 2.33. The molecule has 6 nitrogen and oxygen atoms in total. The highest BCUT2D eigenvalue weighted by Gasteiger charge is 2.30. The molecule has 164 valence electrons. The summed E-state index contributed by atoms with van der Waals surface area (Å²) < 4.78 is 54.7. The lowest BCUT2D eigenvalue weighted by molar-refractivity contribution is 0.592. The molecule has 0 radical (unpaired) electrons. The molecule has 0 aromatic heterocycles. The number of anilines is 2. The van der Waals surface area contributed by atoms with E-state index >= 15 is 0 Å². The predicted molar refractivity (Wildman–Crippen MR) is 127 cm³/mol. The molecule has 0 fully saturated rings. The molecule has 0 amide bonds. The highest BCUT2D eigenvalue weighted by atomic mass is 32.2. The van der Waals surface area contributed by atoms with Crippen LogP contribution in [0.2, 0.25) is 0 Å². The Bertz CT molecular complexity index is 1410. The number of rotatable bonds is 5. The Morgan fingerprint density at radius 2 is 1.19 bits per heavy atom. The van der Waals surface area contributed by atoms with E-state index in [-0.39, 0.29) is 4.90 Å². The molecule has 0 atom stereocenters. The summed E-state index contributed by atoms with van der Waals surface area (Å²) in [6.45, 7) is 0.833. The van der Waals surface area contributed by atoms with Gasteiger partial charge in [-0.1, -0.05) is 48.5 Å². The third-order valence-corrected chi connectivity index (χ3v) is 9.20. The molecule has 0 aliphatic carbocycles. The summed E-state index contributed by atoms with van der Waals surface area (Å²) >= 11 is 0. The number of para-hydroxylation sites is 2. The number of benzene rings is 3. The number of hydrogen-bond donors (Lipinski definition) is 0. The lowest BCUT2D eigenvalue weighted by Gasteiger charge is -2.19. The molecule has 2 aliphatic rings. The summed E-state index contributed by atoms with van der Waals surface area (Å²) in [5.41, 5.74) is 4.08. The first kappa shape index (κ1) is 20.8. The molecule has 0 bridgehead atoms. The van der Waals surface area contributed by atoms with Crippen molar-refractivity contribution in [3.63, 3.8) is 0 Å². The van der Waals surface area contributed by atoms with Gasteiger partial charge in [0.15, 0.2) is 0 Å². The van der Waals surface area contributed by atoms with E-state index in [1.807, 2.05) is 48.5 Å². The molecule has 3 aromatic rings. The summed E-state index contributed by atoms with van der Waals surface area (Å²) in [6.07, 6.45) is 2.88. The normalized spacial score (nSPS) is 15.9. The average Bonchev–Trinajstić information content (AvgIpc) is 3.43. The lowest BCUT2D eigenvalue weighted by atomic mass is 10.2. The molecule has 0 saturated heterocycles. The van der Waals surface area contributed by atoms with Gasteiger partial charge in [0, 0.05) is 13.1 Å². The molecule has 2 heterocycles. The van der Waals surface area contributed by atoms with Gasteiger partial charge in [-0.15, -0.1) is 0 Å². The van der Waals surface area contributed by atoms with E-state index < -0.39 is 20.0 Å². The molecule has 0 unspecified atom stereocenters. The largest absolute Gasteiger partial charge is 0.266 e. The highest BCUT2D eigenvalue weighted by molar-refractivity contribution is 7.95. The van der Waals surface area contributed by atoms with Gasteiger partial charge in [0.1, 0.15) is 0 Å². The Kier molecular flexibility index (Phi) is 5.06. The van der Waals surface area contributed by atoms with E-state index in [0.29, 0.717) is 42.9 Å². The number of nitrogens with zero attached hydrogens (tertiary/aromatic N) is 2. The molecule has 0 saturated carbocycles. The monoisotopic (exact) mass is 466 g/mol. The molecule has 2 aliphatic heterocycles. The van der Waals surface area contributed by atoms with Crippen LogP contribution in [0.5, 0.6) is 0 Å². The average molecular weight is 467 g/mol. The zero-order valence-corrected chi connectivity index (χ0v) is 18.9. The summed E-state index contributed by atoms with van der Waals surface area (Å²) in [5.74, 6) is 0. The van der Waals surface area contributed by atoms with Gasteiger partial charge < -0.3 is 0 Å². The quantitative estimate of drug-likeness (QED) is 0.573. The van der Waals surface area contributed by atoms with Crippen molar-refractivity contribution >= 4 is 37.5 Å². The molecule has 3 aromatic carbocycles. The van der Waals surface area contributed by atoms with Gasteiger partial charge in [-0.3, -0.25) is 8.61 Å². The Hall–Kier alpha value is -3.10. The fraction of sp³-hybridized carbons (Fsp3) is 0.167. The summed E-state index contributed by atoms with van der Waals surface area (Å²) in [6, 6.07) is 21.3. The van der Waals surface area contributed by atoms with E-state index in [4.69, 9.17) is 0 Å². The standard InChI is InChI=1S/C24H22N2O4S2/c27-31(28,25-16-13-20-5-1-3-7-23(20)25)18-15-19-9-11-22(12-10-19)32(29,30)26-17-14-21-6-2-4-8-24(21)26/h1-12,15,18H,13-14,16-17H2. The molecule has 32 heavy (non-hydrogen) atoms. The lowest BCUT2D eigenvalue weighted by Crippen LogP contribution is -2.29. The summed E-state index contributed by atoms with van der Waals surface area (Å²) in [5, 5.41) is 1.18. The van der Waals surface area contributed by atoms with Crippen LogP contribution in [0.25, 0.3) is 6.08 Å². The van der Waals surface area contributed by atoms with Crippen molar-refractivity contribution in [2.75, 3.05) is 21.7 Å². The van der Waals surface area contributed by atoms with Crippen molar-refractivity contribution in [1.29, 1.82) is 0 Å². The van der Waals surface area contributed by atoms with Crippen molar-refractivity contribution in [2.45, 2.75) is 17.7 Å². The van der Waals surface area contributed by atoms with Crippen LogP contribution in [0.4, 0.5) is 11.4 Å². The molecular formula is C24H22N2O4S2. The third kappa shape index (κ3) is 3.59. The van der Waals surface area contributed by atoms with Crippen LogP contribution in [-0.2, 0) is 32.9 Å². The van der Waals surface area contributed by atoms with Crippen LogP contribution < -0.4 is 8.61 Å². The van der Waals surface area contributed by atoms with Crippen molar-refractivity contribution in [1.82, 2.24) is 0 Å². The second kappa shape index (κ2) is 7.79. The van der Waals surface area contributed by atoms with E-state index in [1.165, 1.54) is 32.2 Å². The minimum absolute atomic E-state index is 0.183. The van der Waals surface area contributed by atoms with E-state index in [2.05, 4.69) is 0 Å². The molecule has 5 rings (SSSR count). The number of sulfonamides is 2. The van der Waals surface area contributed by atoms with Gasteiger partial charge in [-0.05, 0) is 59.9 Å². The van der Waals surface area contributed by atoms with Crippen molar-refractivity contribution < 1.29 is 16.8 Å². The molecule has 0 spiro atoms. The predicted octanol–water partition coefficient (Wildman–Crippen LogP) is 3.80. The van der Waals surface area contributed by atoms with Crippen molar-refractivity contribution in [3.05, 3.63) is 94.9 Å². The van der Waals surface area contributed by atoms with Crippen LogP contribution in [0.1, 0.15) is 16.7 Å². The van der Waals surface area contributed by atoms with Crippen LogP contribution in [0, 0.1) is 0 Å². The fourth-order valence-corrected chi connectivity index (χ4v) is 7.02. The van der Waals surface area contributed by atoms with Crippen LogP contribution in [-0.4, -0.2) is 29.9 Å². The van der Waals surface area contributed by atoms with Crippen LogP contribution in [0.15, 0.2) is 83.1 Å². The molecular weight excluding hydrogens is 444 g/mol. The second-order valence-electron chi connectivity index (χ2n) is 7.82. The van der Waals surface area contributed by atoms with E-state index in [0.717, 1.165) is 11.1 Å². The first-order chi connectivity index (χ1) is 15.4. The molecule has 0 N–H and O–H groups in total. The van der Waals surface area contributed by atoms with Gasteiger partial charge in [0.25, 0.3) is 20.0 Å². The van der Waals surface area contributed by atoms with Gasteiger partial charge in [0.2, 0.25) is 0 Å². The molecule has 8 heteroatoms.